The van der Waals surface area contributed by atoms with Gasteiger partial charge in [-0.1, -0.05) is 0 Å². The summed E-state index contributed by atoms with van der Waals surface area (Å²) in [6.45, 7) is 2.31. The van der Waals surface area contributed by atoms with Gasteiger partial charge in [-0.3, -0.25) is 5.10 Å². The predicted octanol–water partition coefficient (Wildman–Crippen LogP) is 0.00992. The SMILES string of the molecule is Cc1[nH]nc(S(=O)(=O)N(C)CC2CCCO2)c1CO. The molecule has 0 aliphatic carbocycles. The molecule has 1 aromatic heterocycles. The molecule has 1 aliphatic heterocycles. The average Bonchev–Trinajstić information content (AvgIpc) is 2.98. The van der Waals surface area contributed by atoms with Crippen LogP contribution in [0.25, 0.3) is 0 Å². The minimum atomic E-state index is -3.70. The lowest BCUT2D eigenvalue weighted by molar-refractivity contribution is 0.0978. The van der Waals surface area contributed by atoms with E-state index < -0.39 is 10.0 Å². The number of hydrogen-bond donors (Lipinski definition) is 2. The summed E-state index contributed by atoms with van der Waals surface area (Å²) in [6, 6.07) is 0. The Morgan fingerprint density at radius 2 is 2.32 bits per heavy atom. The molecule has 19 heavy (non-hydrogen) atoms. The molecule has 7 nitrogen and oxygen atoms in total. The average molecular weight is 289 g/mol. The molecular weight excluding hydrogens is 270 g/mol. The maximum absolute atomic E-state index is 12.4. The third-order valence-electron chi connectivity index (χ3n) is 3.33. The van der Waals surface area contributed by atoms with E-state index in [-0.39, 0.29) is 17.7 Å². The van der Waals surface area contributed by atoms with Gasteiger partial charge in [-0.05, 0) is 19.8 Å². The Morgan fingerprint density at radius 3 is 2.89 bits per heavy atom. The first kappa shape index (κ1) is 14.4. The fourth-order valence-corrected chi connectivity index (χ4v) is 3.50. The Hall–Kier alpha value is -0.960. The first-order valence-corrected chi connectivity index (χ1v) is 7.63. The molecule has 0 aromatic carbocycles. The summed E-state index contributed by atoms with van der Waals surface area (Å²) in [5.41, 5.74) is 0.880. The lowest BCUT2D eigenvalue weighted by atomic mass is 10.2. The first-order valence-electron chi connectivity index (χ1n) is 6.19. The molecule has 0 bridgehead atoms. The quantitative estimate of drug-likeness (QED) is 0.796. The van der Waals surface area contributed by atoms with E-state index in [1.165, 1.54) is 11.4 Å². The number of sulfonamides is 1. The summed E-state index contributed by atoms with van der Waals surface area (Å²) in [6.07, 6.45) is 1.77. The molecule has 1 aromatic rings. The highest BCUT2D eigenvalue weighted by Crippen LogP contribution is 2.21. The van der Waals surface area contributed by atoms with Gasteiger partial charge in [0.25, 0.3) is 10.0 Å². The van der Waals surface area contributed by atoms with Gasteiger partial charge in [0.05, 0.1) is 12.7 Å². The van der Waals surface area contributed by atoms with Crippen LogP contribution < -0.4 is 0 Å². The number of nitrogens with one attached hydrogen (secondary N) is 1. The van der Waals surface area contributed by atoms with Crippen molar-refractivity contribution in [3.8, 4) is 0 Å². The van der Waals surface area contributed by atoms with Crippen molar-refractivity contribution in [3.63, 3.8) is 0 Å². The number of aryl methyl sites for hydroxylation is 1. The van der Waals surface area contributed by atoms with Crippen LogP contribution in [0.4, 0.5) is 0 Å². The van der Waals surface area contributed by atoms with Crippen LogP contribution in [-0.2, 0) is 21.4 Å². The molecule has 2 N–H and O–H groups in total. The van der Waals surface area contributed by atoms with E-state index in [4.69, 9.17) is 4.74 Å². The van der Waals surface area contributed by atoms with Crippen molar-refractivity contribution in [1.29, 1.82) is 0 Å². The second-order valence-electron chi connectivity index (χ2n) is 4.71. The molecule has 1 aliphatic rings. The van der Waals surface area contributed by atoms with E-state index >= 15 is 0 Å². The molecule has 0 radical (unpaired) electrons. The van der Waals surface area contributed by atoms with Gasteiger partial charge < -0.3 is 9.84 Å². The molecule has 1 atom stereocenters. The maximum atomic E-state index is 12.4. The van der Waals surface area contributed by atoms with Crippen molar-refractivity contribution in [1.82, 2.24) is 14.5 Å². The topological polar surface area (TPSA) is 95.5 Å². The molecule has 2 rings (SSSR count). The molecule has 1 unspecified atom stereocenters. The lowest BCUT2D eigenvalue weighted by Crippen LogP contribution is -2.34. The van der Waals surface area contributed by atoms with Crippen LogP contribution in [0.5, 0.6) is 0 Å². The number of aromatic nitrogens is 2. The molecular formula is C11H19N3O4S. The van der Waals surface area contributed by atoms with Gasteiger partial charge >= 0.3 is 0 Å². The summed E-state index contributed by atoms with van der Waals surface area (Å²) in [4.78, 5) is 0. The van der Waals surface area contributed by atoms with E-state index in [0.717, 1.165) is 12.8 Å². The highest BCUT2D eigenvalue weighted by molar-refractivity contribution is 7.89. The van der Waals surface area contributed by atoms with Crippen LogP contribution in [0, 0.1) is 6.92 Å². The van der Waals surface area contributed by atoms with Crippen molar-refractivity contribution in [3.05, 3.63) is 11.3 Å². The summed E-state index contributed by atoms with van der Waals surface area (Å²) >= 11 is 0. The number of hydrogen-bond acceptors (Lipinski definition) is 5. The number of ether oxygens (including phenoxy) is 1. The third-order valence-corrected chi connectivity index (χ3v) is 5.13. The Labute approximate surface area is 112 Å². The fraction of sp³-hybridized carbons (Fsp3) is 0.727. The van der Waals surface area contributed by atoms with Crippen LogP contribution in [-0.4, -0.2) is 54.3 Å². The smallest absolute Gasteiger partial charge is 0.262 e. The van der Waals surface area contributed by atoms with Crippen molar-refractivity contribution >= 4 is 10.0 Å². The Bertz CT molecular complexity index is 534. The standard InChI is InChI=1S/C11H19N3O4S/c1-8-10(7-15)11(13-12-8)19(16,17)14(2)6-9-4-3-5-18-9/h9,15H,3-7H2,1-2H3,(H,12,13). The lowest BCUT2D eigenvalue weighted by Gasteiger charge is -2.19. The number of aliphatic hydroxyl groups is 1. The number of H-pyrrole nitrogens is 1. The highest BCUT2D eigenvalue weighted by atomic mass is 32.2. The second kappa shape index (κ2) is 5.58. The van der Waals surface area contributed by atoms with Gasteiger partial charge in [0.15, 0.2) is 5.03 Å². The minimum Gasteiger partial charge on any atom is -0.392 e. The van der Waals surface area contributed by atoms with Crippen LogP contribution >= 0.6 is 0 Å². The zero-order valence-corrected chi connectivity index (χ0v) is 11.9. The van der Waals surface area contributed by atoms with Crippen LogP contribution in [0.2, 0.25) is 0 Å². The molecule has 108 valence electrons. The van der Waals surface area contributed by atoms with Crippen molar-refractivity contribution in [2.45, 2.75) is 37.5 Å². The third kappa shape index (κ3) is 2.81. The molecule has 0 spiro atoms. The minimum absolute atomic E-state index is 0.0580. The molecule has 1 fully saturated rings. The molecule has 0 saturated carbocycles. The number of rotatable bonds is 5. The Morgan fingerprint density at radius 1 is 1.58 bits per heavy atom. The summed E-state index contributed by atoms with van der Waals surface area (Å²) in [5, 5.41) is 15.5. The van der Waals surface area contributed by atoms with E-state index in [1.54, 1.807) is 6.92 Å². The number of likely N-dealkylation sites (N-methyl/N-ethyl adjacent to an activating group) is 1. The maximum Gasteiger partial charge on any atom is 0.262 e. The van der Waals surface area contributed by atoms with E-state index in [9.17, 15) is 13.5 Å². The van der Waals surface area contributed by atoms with E-state index in [0.29, 0.717) is 24.4 Å². The zero-order chi connectivity index (χ0) is 14.0. The van der Waals surface area contributed by atoms with Gasteiger partial charge in [-0.15, -0.1) is 0 Å². The van der Waals surface area contributed by atoms with Crippen molar-refractivity contribution < 1.29 is 18.3 Å². The van der Waals surface area contributed by atoms with Gasteiger partial charge in [-0.2, -0.15) is 9.40 Å². The molecule has 8 heteroatoms. The number of aromatic amines is 1. The van der Waals surface area contributed by atoms with E-state index in [1.807, 2.05) is 0 Å². The van der Waals surface area contributed by atoms with Gasteiger partial charge in [0, 0.05) is 31.5 Å². The van der Waals surface area contributed by atoms with Gasteiger partial charge in [0.2, 0.25) is 0 Å². The van der Waals surface area contributed by atoms with Gasteiger partial charge in [-0.25, -0.2) is 8.42 Å². The molecule has 0 amide bonds. The number of nitrogens with zero attached hydrogens (tertiary/aromatic N) is 2. The predicted molar refractivity (Wildman–Crippen MR) is 68.0 cm³/mol. The number of aliphatic hydroxyl groups excluding tert-OH is 1. The molecule has 1 saturated heterocycles. The largest absolute Gasteiger partial charge is 0.392 e. The van der Waals surface area contributed by atoms with Gasteiger partial charge in [0.1, 0.15) is 0 Å². The van der Waals surface area contributed by atoms with E-state index in [2.05, 4.69) is 10.2 Å². The highest BCUT2D eigenvalue weighted by Gasteiger charge is 2.30. The normalized spacial score (nSPS) is 20.3. The second-order valence-corrected chi connectivity index (χ2v) is 6.67. The Kier molecular flexibility index (Phi) is 4.24. The monoisotopic (exact) mass is 289 g/mol. The van der Waals surface area contributed by atoms with Crippen molar-refractivity contribution in [2.75, 3.05) is 20.2 Å². The first-order chi connectivity index (χ1) is 8.96. The summed E-state index contributed by atoms with van der Waals surface area (Å²) in [5.74, 6) is 0. The summed E-state index contributed by atoms with van der Waals surface area (Å²) < 4.78 is 31.4. The van der Waals surface area contributed by atoms with Crippen molar-refractivity contribution in [2.24, 2.45) is 0 Å². The zero-order valence-electron chi connectivity index (χ0n) is 11.1. The summed E-state index contributed by atoms with van der Waals surface area (Å²) in [7, 11) is -2.20. The fourth-order valence-electron chi connectivity index (χ4n) is 2.15. The van der Waals surface area contributed by atoms with Crippen LogP contribution in [0.1, 0.15) is 24.1 Å². The van der Waals surface area contributed by atoms with Crippen LogP contribution in [0.15, 0.2) is 5.03 Å². The van der Waals surface area contributed by atoms with Crippen LogP contribution in [0.3, 0.4) is 0 Å². The Balaban J connectivity index is 2.20. The molecule has 2 heterocycles.